The van der Waals surface area contributed by atoms with Crippen LogP contribution in [0.5, 0.6) is 0 Å². The second-order valence-electron chi connectivity index (χ2n) is 6.46. The highest BCUT2D eigenvalue weighted by atomic mass is 16.3. The van der Waals surface area contributed by atoms with Crippen molar-refractivity contribution in [1.82, 2.24) is 0 Å². The molecular formula is C17H24O. The van der Waals surface area contributed by atoms with E-state index in [1.54, 1.807) is 0 Å². The number of aliphatic hydroxyl groups is 1. The van der Waals surface area contributed by atoms with Gasteiger partial charge in [0.1, 0.15) is 0 Å². The Kier molecular flexibility index (Phi) is 3.43. The van der Waals surface area contributed by atoms with Gasteiger partial charge in [-0.25, -0.2) is 0 Å². The molecular weight excluding hydrogens is 220 g/mol. The zero-order valence-corrected chi connectivity index (χ0v) is 11.3. The molecule has 1 aromatic carbocycles. The predicted molar refractivity (Wildman–Crippen MR) is 74.5 cm³/mol. The molecule has 2 aliphatic carbocycles. The van der Waals surface area contributed by atoms with E-state index in [-0.39, 0.29) is 6.10 Å². The highest BCUT2D eigenvalue weighted by Gasteiger charge is 2.34. The third-order valence-corrected chi connectivity index (χ3v) is 5.03. The number of aliphatic hydroxyl groups excluding tert-OH is 1. The van der Waals surface area contributed by atoms with E-state index in [0.717, 1.165) is 18.8 Å². The Morgan fingerprint density at radius 1 is 1.06 bits per heavy atom. The summed E-state index contributed by atoms with van der Waals surface area (Å²) in [7, 11) is 0. The molecule has 0 spiro atoms. The standard InChI is InChI=1S/C17H24O/c1-12-5-4-8-15(9-12)17(18)16-10-13-6-2-3-7-14(13)11-16/h2-3,6-7,12,15-18H,4-5,8-11H2,1H3. The second-order valence-corrected chi connectivity index (χ2v) is 6.46. The van der Waals surface area contributed by atoms with E-state index in [4.69, 9.17) is 0 Å². The molecule has 98 valence electrons. The Hall–Kier alpha value is -0.820. The summed E-state index contributed by atoms with van der Waals surface area (Å²) in [6, 6.07) is 8.70. The number of hydrogen-bond donors (Lipinski definition) is 1. The van der Waals surface area contributed by atoms with Gasteiger partial charge in [0.2, 0.25) is 0 Å². The van der Waals surface area contributed by atoms with Crippen molar-refractivity contribution in [3.8, 4) is 0 Å². The van der Waals surface area contributed by atoms with E-state index in [1.807, 2.05) is 0 Å². The third-order valence-electron chi connectivity index (χ3n) is 5.03. The summed E-state index contributed by atoms with van der Waals surface area (Å²) in [4.78, 5) is 0. The predicted octanol–water partition coefficient (Wildman–Crippen LogP) is 3.59. The number of fused-ring (bicyclic) bond motifs is 1. The molecule has 1 heteroatoms. The van der Waals surface area contributed by atoms with Gasteiger partial charge < -0.3 is 5.11 Å². The smallest absolute Gasteiger partial charge is 0.0603 e. The molecule has 3 unspecified atom stereocenters. The van der Waals surface area contributed by atoms with Gasteiger partial charge in [0.15, 0.2) is 0 Å². The molecule has 1 saturated carbocycles. The Morgan fingerprint density at radius 3 is 2.33 bits per heavy atom. The molecule has 0 aliphatic heterocycles. The fourth-order valence-electron chi connectivity index (χ4n) is 4.01. The van der Waals surface area contributed by atoms with Crippen LogP contribution in [-0.2, 0) is 12.8 Å². The van der Waals surface area contributed by atoms with Gasteiger partial charge >= 0.3 is 0 Å². The van der Waals surface area contributed by atoms with Crippen LogP contribution in [0.2, 0.25) is 0 Å². The van der Waals surface area contributed by atoms with Crippen molar-refractivity contribution in [1.29, 1.82) is 0 Å². The van der Waals surface area contributed by atoms with Crippen molar-refractivity contribution in [2.45, 2.75) is 51.6 Å². The lowest BCUT2D eigenvalue weighted by atomic mass is 9.75. The summed E-state index contributed by atoms with van der Waals surface area (Å²) in [6.45, 7) is 2.34. The van der Waals surface area contributed by atoms with Gasteiger partial charge in [-0.05, 0) is 54.6 Å². The summed E-state index contributed by atoms with van der Waals surface area (Å²) in [5, 5.41) is 10.7. The van der Waals surface area contributed by atoms with Crippen LogP contribution in [0.1, 0.15) is 43.7 Å². The maximum absolute atomic E-state index is 10.7. The Bertz CT molecular complexity index is 387. The topological polar surface area (TPSA) is 20.2 Å². The second kappa shape index (κ2) is 5.05. The van der Waals surface area contributed by atoms with Crippen molar-refractivity contribution >= 4 is 0 Å². The molecule has 1 N–H and O–H groups in total. The zero-order chi connectivity index (χ0) is 12.5. The minimum Gasteiger partial charge on any atom is -0.393 e. The Balaban J connectivity index is 1.66. The molecule has 1 aromatic rings. The molecule has 3 atom stereocenters. The van der Waals surface area contributed by atoms with Crippen molar-refractivity contribution in [2.24, 2.45) is 17.8 Å². The maximum Gasteiger partial charge on any atom is 0.0603 e. The van der Waals surface area contributed by atoms with Crippen LogP contribution < -0.4 is 0 Å². The largest absolute Gasteiger partial charge is 0.393 e. The molecule has 0 aromatic heterocycles. The molecule has 2 aliphatic rings. The van der Waals surface area contributed by atoms with Crippen molar-refractivity contribution in [3.63, 3.8) is 0 Å². The van der Waals surface area contributed by atoms with Gasteiger partial charge in [0.05, 0.1) is 6.10 Å². The lowest BCUT2D eigenvalue weighted by Crippen LogP contribution is -2.32. The van der Waals surface area contributed by atoms with E-state index in [0.29, 0.717) is 11.8 Å². The van der Waals surface area contributed by atoms with Gasteiger partial charge in [-0.3, -0.25) is 0 Å². The van der Waals surface area contributed by atoms with Gasteiger partial charge in [0, 0.05) is 0 Å². The SMILES string of the molecule is CC1CCCC(C(O)C2Cc3ccccc3C2)C1. The molecule has 1 nitrogen and oxygen atoms in total. The number of hydrogen-bond acceptors (Lipinski definition) is 1. The molecule has 0 amide bonds. The summed E-state index contributed by atoms with van der Waals surface area (Å²) in [5.41, 5.74) is 2.93. The normalized spacial score (nSPS) is 30.1. The number of rotatable bonds is 2. The molecule has 3 rings (SSSR count). The highest BCUT2D eigenvalue weighted by Crippen LogP contribution is 2.37. The van der Waals surface area contributed by atoms with E-state index >= 15 is 0 Å². The molecule has 0 heterocycles. The van der Waals surface area contributed by atoms with Crippen LogP contribution in [-0.4, -0.2) is 11.2 Å². The fraction of sp³-hybridized carbons (Fsp3) is 0.647. The van der Waals surface area contributed by atoms with Crippen molar-refractivity contribution < 1.29 is 5.11 Å². The van der Waals surface area contributed by atoms with Gasteiger partial charge in [0.25, 0.3) is 0 Å². The summed E-state index contributed by atoms with van der Waals surface area (Å²) in [6.07, 6.45) is 7.22. The maximum atomic E-state index is 10.7. The molecule has 0 bridgehead atoms. The zero-order valence-electron chi connectivity index (χ0n) is 11.3. The average Bonchev–Trinajstić information content (AvgIpc) is 2.81. The van der Waals surface area contributed by atoms with Crippen LogP contribution in [0.4, 0.5) is 0 Å². The minimum absolute atomic E-state index is 0.0832. The first-order valence-electron chi connectivity index (χ1n) is 7.49. The van der Waals surface area contributed by atoms with E-state index < -0.39 is 0 Å². The molecule has 18 heavy (non-hydrogen) atoms. The highest BCUT2D eigenvalue weighted by molar-refractivity contribution is 5.32. The summed E-state index contributed by atoms with van der Waals surface area (Å²) >= 11 is 0. The molecule has 0 radical (unpaired) electrons. The Labute approximate surface area is 110 Å². The summed E-state index contributed by atoms with van der Waals surface area (Å²) < 4.78 is 0. The summed E-state index contributed by atoms with van der Waals surface area (Å²) in [5.74, 6) is 1.83. The minimum atomic E-state index is -0.0832. The first-order chi connectivity index (χ1) is 8.74. The van der Waals surface area contributed by atoms with Crippen molar-refractivity contribution in [3.05, 3.63) is 35.4 Å². The van der Waals surface area contributed by atoms with Gasteiger partial charge in [-0.15, -0.1) is 0 Å². The van der Waals surface area contributed by atoms with E-state index in [9.17, 15) is 5.11 Å². The third kappa shape index (κ3) is 2.33. The number of benzene rings is 1. The van der Waals surface area contributed by atoms with Crippen LogP contribution >= 0.6 is 0 Å². The van der Waals surface area contributed by atoms with Crippen molar-refractivity contribution in [2.75, 3.05) is 0 Å². The van der Waals surface area contributed by atoms with Crippen LogP contribution in [0.25, 0.3) is 0 Å². The lowest BCUT2D eigenvalue weighted by Gasteiger charge is -2.33. The monoisotopic (exact) mass is 244 g/mol. The first kappa shape index (κ1) is 12.2. The quantitative estimate of drug-likeness (QED) is 0.843. The van der Waals surface area contributed by atoms with Crippen LogP contribution in [0.3, 0.4) is 0 Å². The van der Waals surface area contributed by atoms with Gasteiger partial charge in [-0.2, -0.15) is 0 Å². The van der Waals surface area contributed by atoms with E-state index in [2.05, 4.69) is 31.2 Å². The van der Waals surface area contributed by atoms with Crippen LogP contribution in [0.15, 0.2) is 24.3 Å². The first-order valence-corrected chi connectivity index (χ1v) is 7.49. The van der Waals surface area contributed by atoms with E-state index in [1.165, 1.54) is 36.8 Å². The lowest BCUT2D eigenvalue weighted by molar-refractivity contribution is 0.0274. The van der Waals surface area contributed by atoms with Crippen LogP contribution in [0, 0.1) is 17.8 Å². The average molecular weight is 244 g/mol. The Morgan fingerprint density at radius 2 is 1.72 bits per heavy atom. The molecule has 0 saturated heterocycles. The fourth-order valence-corrected chi connectivity index (χ4v) is 4.01. The van der Waals surface area contributed by atoms with Gasteiger partial charge in [-0.1, -0.05) is 44.0 Å². The molecule has 1 fully saturated rings.